The van der Waals surface area contributed by atoms with Crippen molar-refractivity contribution in [3.8, 4) is 5.75 Å². The first-order valence-corrected chi connectivity index (χ1v) is 8.72. The highest BCUT2D eigenvalue weighted by atomic mass is 16.7. The number of amides is 2. The minimum atomic E-state index is -0.932. The maximum atomic E-state index is 12.5. The van der Waals surface area contributed by atoms with Gasteiger partial charge in [-0.3, -0.25) is 9.59 Å². The van der Waals surface area contributed by atoms with E-state index in [1.54, 1.807) is 26.2 Å². The summed E-state index contributed by atoms with van der Waals surface area (Å²) in [6.45, 7) is 2.03. The average molecular weight is 392 g/mol. The van der Waals surface area contributed by atoms with Crippen molar-refractivity contribution in [2.24, 2.45) is 0 Å². The molecular weight excluding hydrogens is 376 g/mol. The van der Waals surface area contributed by atoms with Crippen LogP contribution in [-0.4, -0.2) is 45.0 Å². The van der Waals surface area contributed by atoms with Gasteiger partial charge in [-0.1, -0.05) is 34.5 Å². The topological polar surface area (TPSA) is 104 Å². The molecular formula is C20H16N4O5. The van der Waals surface area contributed by atoms with Crippen LogP contribution in [0.3, 0.4) is 0 Å². The molecule has 3 aromatic rings. The second kappa shape index (κ2) is 7.19. The van der Waals surface area contributed by atoms with E-state index in [-0.39, 0.29) is 16.8 Å². The summed E-state index contributed by atoms with van der Waals surface area (Å²) in [4.78, 5) is 42.2. The number of carbonyl (C=O) groups is 3. The van der Waals surface area contributed by atoms with E-state index < -0.39 is 17.8 Å². The van der Waals surface area contributed by atoms with E-state index in [9.17, 15) is 14.4 Å². The molecule has 146 valence electrons. The number of rotatable bonds is 5. The number of carbonyl (C=O) groups excluding carboxylic acids is 3. The number of hydrogen-bond acceptors (Lipinski definition) is 7. The minimum absolute atomic E-state index is 0.0740. The highest BCUT2D eigenvalue weighted by Gasteiger charge is 2.39. The lowest BCUT2D eigenvalue weighted by molar-refractivity contribution is -0.0589. The van der Waals surface area contributed by atoms with Gasteiger partial charge in [-0.2, -0.15) is 0 Å². The van der Waals surface area contributed by atoms with Crippen molar-refractivity contribution in [3.05, 3.63) is 76.6 Å². The van der Waals surface area contributed by atoms with Gasteiger partial charge in [-0.05, 0) is 36.8 Å². The standard InChI is InChI=1S/C20H16N4O5/c1-12-17(21-22-23(12)11-13-7-9-14(28-2)10-8-13)20(27)29-24-18(25)15-5-3-4-6-16(15)19(24)26/h3-10H,11H2,1-2H3. The van der Waals surface area contributed by atoms with Crippen molar-refractivity contribution in [3.63, 3.8) is 0 Å². The third-order valence-electron chi connectivity index (χ3n) is 4.60. The zero-order valence-electron chi connectivity index (χ0n) is 15.7. The highest BCUT2D eigenvalue weighted by Crippen LogP contribution is 2.23. The van der Waals surface area contributed by atoms with Crippen LogP contribution in [0.4, 0.5) is 0 Å². The molecule has 0 saturated heterocycles. The van der Waals surface area contributed by atoms with E-state index >= 15 is 0 Å². The predicted octanol–water partition coefficient (Wildman–Crippen LogP) is 2.01. The van der Waals surface area contributed by atoms with Crippen molar-refractivity contribution >= 4 is 17.8 Å². The smallest absolute Gasteiger partial charge is 0.385 e. The molecule has 0 spiro atoms. The van der Waals surface area contributed by atoms with Gasteiger partial charge < -0.3 is 9.57 Å². The zero-order valence-corrected chi connectivity index (χ0v) is 15.7. The van der Waals surface area contributed by atoms with Gasteiger partial charge in [0.25, 0.3) is 11.8 Å². The molecule has 2 aromatic carbocycles. The summed E-state index contributed by atoms with van der Waals surface area (Å²) >= 11 is 0. The summed E-state index contributed by atoms with van der Waals surface area (Å²) in [6.07, 6.45) is 0. The summed E-state index contributed by atoms with van der Waals surface area (Å²) in [5, 5.41) is 8.28. The van der Waals surface area contributed by atoms with Crippen molar-refractivity contribution in [1.29, 1.82) is 0 Å². The maximum absolute atomic E-state index is 12.5. The van der Waals surface area contributed by atoms with Crippen LogP contribution in [0.15, 0.2) is 48.5 Å². The molecule has 0 bridgehead atoms. The molecule has 0 N–H and O–H groups in total. The molecule has 4 rings (SSSR count). The predicted molar refractivity (Wildman–Crippen MR) is 99.2 cm³/mol. The molecule has 0 saturated carbocycles. The Hall–Kier alpha value is -4.01. The molecule has 9 heteroatoms. The molecule has 2 amide bonds. The number of benzene rings is 2. The van der Waals surface area contributed by atoms with Crippen molar-refractivity contribution in [1.82, 2.24) is 20.1 Å². The lowest BCUT2D eigenvalue weighted by Gasteiger charge is -2.11. The fraction of sp³-hybridized carbons (Fsp3) is 0.150. The molecule has 2 heterocycles. The Labute approximate surface area is 165 Å². The monoisotopic (exact) mass is 392 g/mol. The summed E-state index contributed by atoms with van der Waals surface area (Å²) in [5.41, 5.74) is 1.67. The second-order valence-corrected chi connectivity index (χ2v) is 6.36. The van der Waals surface area contributed by atoms with Crippen LogP contribution in [0, 0.1) is 6.92 Å². The van der Waals surface area contributed by atoms with Crippen LogP contribution in [-0.2, 0) is 11.4 Å². The maximum Gasteiger partial charge on any atom is 0.385 e. The molecule has 0 fully saturated rings. The Morgan fingerprint density at radius 1 is 1.00 bits per heavy atom. The fourth-order valence-electron chi connectivity index (χ4n) is 2.98. The van der Waals surface area contributed by atoms with Crippen LogP contribution < -0.4 is 4.74 Å². The van der Waals surface area contributed by atoms with Gasteiger partial charge >= 0.3 is 5.97 Å². The molecule has 0 unspecified atom stereocenters. The summed E-state index contributed by atoms with van der Waals surface area (Å²) < 4.78 is 6.66. The number of fused-ring (bicyclic) bond motifs is 1. The fourth-order valence-corrected chi connectivity index (χ4v) is 2.98. The van der Waals surface area contributed by atoms with E-state index in [4.69, 9.17) is 9.57 Å². The van der Waals surface area contributed by atoms with Crippen molar-refractivity contribution in [2.45, 2.75) is 13.5 Å². The first-order chi connectivity index (χ1) is 14.0. The Balaban J connectivity index is 1.50. The first kappa shape index (κ1) is 18.4. The van der Waals surface area contributed by atoms with E-state index in [0.717, 1.165) is 11.3 Å². The number of aromatic nitrogens is 3. The number of imide groups is 1. The van der Waals surface area contributed by atoms with Gasteiger partial charge in [0.1, 0.15) is 5.75 Å². The summed E-state index contributed by atoms with van der Waals surface area (Å²) in [5.74, 6) is -1.59. The lowest BCUT2D eigenvalue weighted by Crippen LogP contribution is -2.33. The highest BCUT2D eigenvalue weighted by molar-refractivity contribution is 6.21. The third kappa shape index (κ3) is 3.22. The SMILES string of the molecule is COc1ccc(Cn2nnc(C(=O)ON3C(=O)c4ccccc4C3=O)c2C)cc1. The van der Waals surface area contributed by atoms with Crippen molar-refractivity contribution in [2.75, 3.05) is 7.11 Å². The van der Waals surface area contributed by atoms with Crippen molar-refractivity contribution < 1.29 is 24.0 Å². The quantitative estimate of drug-likeness (QED) is 0.612. The van der Waals surface area contributed by atoms with E-state index in [1.807, 2.05) is 24.3 Å². The Kier molecular flexibility index (Phi) is 4.55. The zero-order chi connectivity index (χ0) is 20.5. The van der Waals surface area contributed by atoms with Crippen LogP contribution in [0.25, 0.3) is 0 Å². The van der Waals surface area contributed by atoms with E-state index in [2.05, 4.69) is 10.3 Å². The average Bonchev–Trinajstić information content (AvgIpc) is 3.22. The van der Waals surface area contributed by atoms with Gasteiger partial charge in [0, 0.05) is 0 Å². The second-order valence-electron chi connectivity index (χ2n) is 6.36. The Morgan fingerprint density at radius 2 is 1.62 bits per heavy atom. The molecule has 0 atom stereocenters. The third-order valence-corrected chi connectivity index (χ3v) is 4.60. The largest absolute Gasteiger partial charge is 0.497 e. The molecule has 0 radical (unpaired) electrons. The van der Waals surface area contributed by atoms with Crippen LogP contribution in [0.5, 0.6) is 5.75 Å². The van der Waals surface area contributed by atoms with E-state index in [0.29, 0.717) is 17.3 Å². The number of ether oxygens (including phenoxy) is 1. The first-order valence-electron chi connectivity index (χ1n) is 8.72. The summed E-state index contributed by atoms with van der Waals surface area (Å²) in [6, 6.07) is 13.6. The summed E-state index contributed by atoms with van der Waals surface area (Å²) in [7, 11) is 1.59. The number of hydrogen-bond donors (Lipinski definition) is 0. The normalized spacial score (nSPS) is 12.8. The molecule has 9 nitrogen and oxygen atoms in total. The van der Waals surface area contributed by atoms with Gasteiger partial charge in [-0.15, -0.1) is 5.10 Å². The number of nitrogens with zero attached hydrogens (tertiary/aromatic N) is 4. The Morgan fingerprint density at radius 3 is 2.21 bits per heavy atom. The molecule has 29 heavy (non-hydrogen) atoms. The van der Waals surface area contributed by atoms with Gasteiger partial charge in [0.15, 0.2) is 5.69 Å². The molecule has 1 aliphatic rings. The van der Waals surface area contributed by atoms with Gasteiger partial charge in [0.05, 0.1) is 30.5 Å². The molecule has 0 aliphatic carbocycles. The van der Waals surface area contributed by atoms with Crippen LogP contribution in [0.1, 0.15) is 42.5 Å². The van der Waals surface area contributed by atoms with Crippen LogP contribution >= 0.6 is 0 Å². The minimum Gasteiger partial charge on any atom is -0.497 e. The van der Waals surface area contributed by atoms with Gasteiger partial charge in [0.2, 0.25) is 0 Å². The van der Waals surface area contributed by atoms with Gasteiger partial charge in [-0.25, -0.2) is 9.48 Å². The number of hydroxylamine groups is 2. The van der Waals surface area contributed by atoms with Crippen LogP contribution in [0.2, 0.25) is 0 Å². The van der Waals surface area contributed by atoms with E-state index in [1.165, 1.54) is 16.8 Å². The number of methoxy groups -OCH3 is 1. The molecule has 1 aliphatic heterocycles. The molecule has 1 aromatic heterocycles. The Bertz CT molecular complexity index is 1090. The lowest BCUT2D eigenvalue weighted by atomic mass is 10.1.